The molecule has 0 saturated carbocycles. The van der Waals surface area contributed by atoms with Gasteiger partial charge in [0, 0.05) is 20.4 Å². The van der Waals surface area contributed by atoms with E-state index in [4.69, 9.17) is 22.1 Å². The van der Waals surface area contributed by atoms with Crippen LogP contribution in [-0.2, 0) is 28.7 Å². The molecule has 0 fully saturated rings. The number of esters is 1. The van der Waals surface area contributed by atoms with Crippen molar-refractivity contribution >= 4 is 39.0 Å². The summed E-state index contributed by atoms with van der Waals surface area (Å²) < 4.78 is 29.7. The van der Waals surface area contributed by atoms with E-state index in [0.29, 0.717) is 4.57 Å². The van der Waals surface area contributed by atoms with Gasteiger partial charge in [-0.05, 0) is 18.2 Å². The topological polar surface area (TPSA) is 148 Å². The number of rotatable bonds is 5. The number of anilines is 1. The van der Waals surface area contributed by atoms with E-state index in [1.54, 1.807) is 0 Å². The molecule has 0 atom stereocenters. The zero-order valence-corrected chi connectivity index (χ0v) is 16.6. The van der Waals surface area contributed by atoms with Gasteiger partial charge in [-0.3, -0.25) is 18.7 Å². The second kappa shape index (κ2) is 7.60. The van der Waals surface area contributed by atoms with E-state index in [2.05, 4.69) is 0 Å². The summed E-state index contributed by atoms with van der Waals surface area (Å²) in [5.74, 6) is -2.37. The van der Waals surface area contributed by atoms with Gasteiger partial charge >= 0.3 is 11.7 Å². The molecule has 28 heavy (non-hydrogen) atoms. The van der Waals surface area contributed by atoms with Crippen molar-refractivity contribution in [3.05, 3.63) is 55.2 Å². The summed E-state index contributed by atoms with van der Waals surface area (Å²) in [5.41, 5.74) is 3.24. The molecule has 0 aliphatic heterocycles. The average molecular weight is 430 g/mol. The predicted octanol–water partition coefficient (Wildman–Crippen LogP) is -0.237. The van der Waals surface area contributed by atoms with Crippen LogP contribution in [0.4, 0.5) is 5.82 Å². The molecule has 10 nitrogen and oxygen atoms in total. The van der Waals surface area contributed by atoms with Crippen molar-refractivity contribution in [1.29, 1.82) is 0 Å². The highest BCUT2D eigenvalue weighted by Gasteiger charge is 2.23. The first-order valence-corrected chi connectivity index (χ1v) is 9.88. The van der Waals surface area contributed by atoms with E-state index < -0.39 is 45.0 Å². The van der Waals surface area contributed by atoms with Gasteiger partial charge < -0.3 is 10.5 Å². The lowest BCUT2D eigenvalue weighted by Gasteiger charge is -2.11. The van der Waals surface area contributed by atoms with Gasteiger partial charge in [0.1, 0.15) is 11.4 Å². The van der Waals surface area contributed by atoms with Crippen LogP contribution >= 0.6 is 11.6 Å². The van der Waals surface area contributed by atoms with E-state index in [0.717, 1.165) is 16.9 Å². The molecule has 2 aromatic rings. The number of sulfone groups is 1. The minimum Gasteiger partial charge on any atom is -0.454 e. The number of ether oxygens (including phenoxy) is 1. The van der Waals surface area contributed by atoms with Gasteiger partial charge in [0.15, 0.2) is 16.4 Å². The first-order chi connectivity index (χ1) is 12.9. The molecule has 12 heteroatoms. The van der Waals surface area contributed by atoms with Gasteiger partial charge in [-0.1, -0.05) is 11.6 Å². The molecule has 2 N–H and O–H groups in total. The molecular formula is C16H16ClN3O7S. The van der Waals surface area contributed by atoms with Crippen molar-refractivity contribution in [2.24, 2.45) is 14.1 Å². The Labute approximate surface area is 164 Å². The second-order valence-electron chi connectivity index (χ2n) is 5.88. The number of halogens is 1. The third kappa shape index (κ3) is 3.99. The first kappa shape index (κ1) is 21.4. The Morgan fingerprint density at radius 2 is 1.79 bits per heavy atom. The number of nitrogens with two attached hydrogens (primary N) is 1. The fourth-order valence-corrected chi connectivity index (χ4v) is 3.14. The maximum atomic E-state index is 12.3. The number of hydrogen-bond donors (Lipinski definition) is 1. The Hall–Kier alpha value is -2.92. The maximum Gasteiger partial charge on any atom is 0.340 e. The van der Waals surface area contributed by atoms with Gasteiger partial charge in [-0.2, -0.15) is 0 Å². The van der Waals surface area contributed by atoms with Crippen molar-refractivity contribution in [1.82, 2.24) is 9.13 Å². The molecule has 0 bridgehead atoms. The highest BCUT2D eigenvalue weighted by Crippen LogP contribution is 2.21. The molecular weight excluding hydrogens is 414 g/mol. The summed E-state index contributed by atoms with van der Waals surface area (Å²) >= 11 is 5.89. The summed E-state index contributed by atoms with van der Waals surface area (Å²) in [4.78, 5) is 48.3. The molecule has 0 aliphatic rings. The molecule has 1 aromatic carbocycles. The summed E-state index contributed by atoms with van der Waals surface area (Å²) in [5, 5.41) is -0.0811. The molecule has 150 valence electrons. The number of nitrogens with zero attached hydrogens (tertiary/aromatic N) is 2. The Morgan fingerprint density at radius 3 is 2.36 bits per heavy atom. The van der Waals surface area contributed by atoms with Gasteiger partial charge in [0.2, 0.25) is 5.78 Å². The largest absolute Gasteiger partial charge is 0.454 e. The van der Waals surface area contributed by atoms with Crippen LogP contribution < -0.4 is 17.0 Å². The minimum absolute atomic E-state index is 0.0811. The molecule has 2 rings (SSSR count). The summed E-state index contributed by atoms with van der Waals surface area (Å²) in [6.45, 7) is -0.865. The molecule has 0 amide bonds. The fourth-order valence-electron chi connectivity index (χ4n) is 2.29. The number of nitrogen functional groups attached to an aromatic ring is 1. The first-order valence-electron chi connectivity index (χ1n) is 7.61. The van der Waals surface area contributed by atoms with Crippen molar-refractivity contribution in [2.75, 3.05) is 18.6 Å². The summed E-state index contributed by atoms with van der Waals surface area (Å²) in [7, 11) is -1.16. The van der Waals surface area contributed by atoms with Crippen molar-refractivity contribution in [2.45, 2.75) is 4.90 Å². The Bertz CT molecular complexity index is 1210. The van der Waals surface area contributed by atoms with E-state index in [-0.39, 0.29) is 21.3 Å². The lowest BCUT2D eigenvalue weighted by Crippen LogP contribution is -2.42. The summed E-state index contributed by atoms with van der Waals surface area (Å²) in [6.07, 6.45) is 0.951. The molecule has 0 radical (unpaired) electrons. The van der Waals surface area contributed by atoms with Gasteiger partial charge in [0.05, 0.1) is 15.5 Å². The molecule has 1 heterocycles. The lowest BCUT2D eigenvalue weighted by atomic mass is 10.2. The van der Waals surface area contributed by atoms with Crippen LogP contribution in [0.1, 0.15) is 20.7 Å². The van der Waals surface area contributed by atoms with Crippen molar-refractivity contribution < 1.29 is 22.7 Å². The third-order valence-corrected chi connectivity index (χ3v) is 5.35. The van der Waals surface area contributed by atoms with E-state index in [1.807, 2.05) is 0 Å². The number of aromatic nitrogens is 2. The number of Topliss-reactive ketones (excluding diaryl/α,β-unsaturated/α-hetero) is 1. The fraction of sp³-hybridized carbons (Fsp3) is 0.250. The van der Waals surface area contributed by atoms with Crippen molar-refractivity contribution in [3.63, 3.8) is 0 Å². The number of carbonyl (C=O) groups excluding carboxylic acids is 2. The Morgan fingerprint density at radius 1 is 1.18 bits per heavy atom. The maximum absolute atomic E-state index is 12.3. The van der Waals surface area contributed by atoms with Gasteiger partial charge in [0.25, 0.3) is 5.56 Å². The highest BCUT2D eigenvalue weighted by molar-refractivity contribution is 7.90. The Kier molecular flexibility index (Phi) is 5.80. The molecule has 1 aromatic heterocycles. The van der Waals surface area contributed by atoms with Crippen LogP contribution in [0.2, 0.25) is 5.02 Å². The smallest absolute Gasteiger partial charge is 0.340 e. The van der Waals surface area contributed by atoms with Crippen LogP contribution in [-0.4, -0.2) is 42.2 Å². The normalized spacial score (nSPS) is 11.3. The average Bonchev–Trinajstić information content (AvgIpc) is 2.62. The molecule has 0 aliphatic carbocycles. The molecule has 0 unspecified atom stereocenters. The summed E-state index contributed by atoms with van der Waals surface area (Å²) in [6, 6.07) is 3.44. The quantitative estimate of drug-likeness (QED) is 0.506. The lowest BCUT2D eigenvalue weighted by molar-refractivity contribution is 0.0474. The van der Waals surface area contributed by atoms with Crippen LogP contribution in [0.5, 0.6) is 0 Å². The Balaban J connectivity index is 2.31. The van der Waals surface area contributed by atoms with Crippen LogP contribution in [0, 0.1) is 0 Å². The molecule has 0 spiro atoms. The van der Waals surface area contributed by atoms with Gasteiger partial charge in [-0.25, -0.2) is 18.0 Å². The van der Waals surface area contributed by atoms with Crippen LogP contribution in [0.25, 0.3) is 0 Å². The predicted molar refractivity (Wildman–Crippen MR) is 101 cm³/mol. The SMILES string of the molecule is Cn1c(N)c(C(=O)COC(=O)c2cc(S(C)(=O)=O)ccc2Cl)c(=O)n(C)c1=O. The number of hydrogen-bond acceptors (Lipinski definition) is 8. The highest BCUT2D eigenvalue weighted by atomic mass is 35.5. The number of carbonyl (C=O) groups is 2. The number of benzene rings is 1. The van der Waals surface area contributed by atoms with Crippen molar-refractivity contribution in [3.8, 4) is 0 Å². The van der Waals surface area contributed by atoms with Crippen LogP contribution in [0.3, 0.4) is 0 Å². The van der Waals surface area contributed by atoms with Gasteiger partial charge in [-0.15, -0.1) is 0 Å². The minimum atomic E-state index is -3.60. The third-order valence-electron chi connectivity index (χ3n) is 3.91. The van der Waals surface area contributed by atoms with Crippen LogP contribution in [0.15, 0.2) is 32.7 Å². The zero-order valence-electron chi connectivity index (χ0n) is 15.1. The number of ketones is 1. The van der Waals surface area contributed by atoms with E-state index in [1.165, 1.54) is 26.2 Å². The van der Waals surface area contributed by atoms with E-state index >= 15 is 0 Å². The standard InChI is InChI=1S/C16H16ClN3O7S/c1-19-13(18)12(14(22)20(2)16(19)24)11(21)7-27-15(23)9-6-8(28(3,25)26)4-5-10(9)17/h4-6H,7,18H2,1-3H3. The monoisotopic (exact) mass is 429 g/mol. The zero-order chi connectivity index (χ0) is 21.4. The van der Waals surface area contributed by atoms with E-state index in [9.17, 15) is 27.6 Å². The molecule has 0 saturated heterocycles. The second-order valence-corrected chi connectivity index (χ2v) is 8.30.